The van der Waals surface area contributed by atoms with Gasteiger partial charge in [-0.1, -0.05) is 13.8 Å². The molecule has 80 valence electrons. The molecular weight excluding hydrogens is 166 g/mol. The van der Waals surface area contributed by atoms with Crippen LogP contribution in [0.1, 0.15) is 27.2 Å². The number of hydrogen-bond acceptors (Lipinski definition) is 3. The Kier molecular flexibility index (Phi) is 7.23. The number of methoxy groups -OCH3 is 1. The lowest BCUT2D eigenvalue weighted by molar-refractivity contribution is 0.105. The van der Waals surface area contributed by atoms with Crippen LogP contribution in [0.15, 0.2) is 0 Å². The highest BCUT2D eigenvalue weighted by molar-refractivity contribution is 4.63. The number of aliphatic hydroxyl groups excluding tert-OH is 1. The van der Waals surface area contributed by atoms with Crippen LogP contribution < -0.4 is 5.32 Å². The number of rotatable bonds is 7. The second kappa shape index (κ2) is 7.30. The van der Waals surface area contributed by atoms with Crippen LogP contribution in [-0.2, 0) is 4.74 Å². The van der Waals surface area contributed by atoms with Crippen LogP contribution in [0.25, 0.3) is 0 Å². The Labute approximate surface area is 81.5 Å². The largest absolute Gasteiger partial charge is 0.392 e. The molecule has 0 saturated carbocycles. The molecule has 3 heteroatoms. The molecule has 0 aliphatic rings. The molecule has 0 radical (unpaired) electrons. The van der Waals surface area contributed by atoms with Crippen molar-refractivity contribution < 1.29 is 9.84 Å². The zero-order chi connectivity index (χ0) is 10.3. The van der Waals surface area contributed by atoms with E-state index in [1.807, 2.05) is 6.92 Å². The lowest BCUT2D eigenvalue weighted by Crippen LogP contribution is -2.33. The summed E-state index contributed by atoms with van der Waals surface area (Å²) in [7, 11) is 1.69. The quantitative estimate of drug-likeness (QED) is 0.628. The lowest BCUT2D eigenvalue weighted by atomic mass is 10.1. The topological polar surface area (TPSA) is 41.5 Å². The van der Waals surface area contributed by atoms with Crippen molar-refractivity contribution in [1.82, 2.24) is 5.32 Å². The van der Waals surface area contributed by atoms with E-state index >= 15 is 0 Å². The monoisotopic (exact) mass is 189 g/mol. The predicted molar refractivity (Wildman–Crippen MR) is 54.8 cm³/mol. The Morgan fingerprint density at radius 2 is 1.85 bits per heavy atom. The summed E-state index contributed by atoms with van der Waals surface area (Å²) < 4.78 is 5.07. The molecule has 2 atom stereocenters. The van der Waals surface area contributed by atoms with Gasteiger partial charge in [0.2, 0.25) is 0 Å². The van der Waals surface area contributed by atoms with E-state index in [2.05, 4.69) is 19.2 Å². The van der Waals surface area contributed by atoms with E-state index in [9.17, 15) is 5.11 Å². The lowest BCUT2D eigenvalue weighted by Gasteiger charge is -2.15. The maximum atomic E-state index is 9.50. The van der Waals surface area contributed by atoms with Crippen LogP contribution in [0.3, 0.4) is 0 Å². The van der Waals surface area contributed by atoms with E-state index in [0.717, 1.165) is 13.0 Å². The summed E-state index contributed by atoms with van der Waals surface area (Å²) >= 11 is 0. The van der Waals surface area contributed by atoms with Gasteiger partial charge in [-0.3, -0.25) is 0 Å². The van der Waals surface area contributed by atoms with E-state index in [4.69, 9.17) is 4.74 Å². The van der Waals surface area contributed by atoms with Gasteiger partial charge in [0.1, 0.15) is 0 Å². The standard InChI is InChI=1S/C10H23NO2/c1-8(2)5-10(12)7-11-6-9(3)13-4/h8-12H,5-7H2,1-4H3. The van der Waals surface area contributed by atoms with Crippen molar-refractivity contribution in [2.24, 2.45) is 5.92 Å². The van der Waals surface area contributed by atoms with Crippen molar-refractivity contribution in [1.29, 1.82) is 0 Å². The number of nitrogens with one attached hydrogen (secondary N) is 1. The highest BCUT2D eigenvalue weighted by atomic mass is 16.5. The first-order valence-corrected chi connectivity index (χ1v) is 4.97. The van der Waals surface area contributed by atoms with Crippen LogP contribution in [0.5, 0.6) is 0 Å². The molecule has 0 aromatic heterocycles. The molecule has 0 aromatic carbocycles. The first-order chi connectivity index (χ1) is 6.06. The molecule has 2 N–H and O–H groups in total. The van der Waals surface area contributed by atoms with Gasteiger partial charge in [0, 0.05) is 20.2 Å². The van der Waals surface area contributed by atoms with Gasteiger partial charge < -0.3 is 15.2 Å². The van der Waals surface area contributed by atoms with Crippen LogP contribution >= 0.6 is 0 Å². The third-order valence-corrected chi connectivity index (χ3v) is 1.96. The van der Waals surface area contributed by atoms with Gasteiger partial charge in [0.25, 0.3) is 0 Å². The molecule has 3 nitrogen and oxygen atoms in total. The van der Waals surface area contributed by atoms with Crippen LogP contribution in [-0.4, -0.2) is 37.5 Å². The molecule has 13 heavy (non-hydrogen) atoms. The SMILES string of the molecule is COC(C)CNCC(O)CC(C)C. The van der Waals surface area contributed by atoms with Gasteiger partial charge in [-0.25, -0.2) is 0 Å². The summed E-state index contributed by atoms with van der Waals surface area (Å²) in [6.07, 6.45) is 0.837. The molecule has 0 rings (SSSR count). The Bertz CT molecular complexity index is 117. The summed E-state index contributed by atoms with van der Waals surface area (Å²) in [5.74, 6) is 0.552. The second-order valence-electron chi connectivity index (χ2n) is 3.99. The number of ether oxygens (including phenoxy) is 1. The van der Waals surface area contributed by atoms with Gasteiger partial charge in [0.15, 0.2) is 0 Å². The molecule has 2 unspecified atom stereocenters. The Balaban J connectivity index is 3.31. The maximum Gasteiger partial charge on any atom is 0.0667 e. The molecule has 0 aliphatic carbocycles. The summed E-state index contributed by atoms with van der Waals surface area (Å²) in [6.45, 7) is 7.68. The molecule has 0 amide bonds. The molecule has 0 aliphatic heterocycles. The van der Waals surface area contributed by atoms with E-state index in [-0.39, 0.29) is 12.2 Å². The smallest absolute Gasteiger partial charge is 0.0667 e. The average Bonchev–Trinajstić information content (AvgIpc) is 2.02. The summed E-state index contributed by atoms with van der Waals surface area (Å²) in [6, 6.07) is 0. The molecule has 0 bridgehead atoms. The van der Waals surface area contributed by atoms with Crippen molar-refractivity contribution in [3.8, 4) is 0 Å². The number of aliphatic hydroxyl groups is 1. The fourth-order valence-corrected chi connectivity index (χ4v) is 1.16. The minimum atomic E-state index is -0.232. The van der Waals surface area contributed by atoms with Crippen molar-refractivity contribution in [3.05, 3.63) is 0 Å². The third kappa shape index (κ3) is 8.22. The van der Waals surface area contributed by atoms with Crippen LogP contribution in [0.2, 0.25) is 0 Å². The Hall–Kier alpha value is -0.120. The minimum absolute atomic E-state index is 0.214. The Morgan fingerprint density at radius 1 is 1.23 bits per heavy atom. The fraction of sp³-hybridized carbons (Fsp3) is 1.00. The van der Waals surface area contributed by atoms with Gasteiger partial charge in [0.05, 0.1) is 12.2 Å². The molecular formula is C10H23NO2. The van der Waals surface area contributed by atoms with E-state index in [1.165, 1.54) is 0 Å². The first kappa shape index (κ1) is 12.9. The van der Waals surface area contributed by atoms with Crippen LogP contribution in [0, 0.1) is 5.92 Å². The van der Waals surface area contributed by atoms with Gasteiger partial charge in [-0.15, -0.1) is 0 Å². The fourth-order valence-electron chi connectivity index (χ4n) is 1.16. The summed E-state index contributed by atoms with van der Waals surface area (Å²) in [5.41, 5.74) is 0. The van der Waals surface area contributed by atoms with Crippen LogP contribution in [0.4, 0.5) is 0 Å². The molecule has 0 fully saturated rings. The van der Waals surface area contributed by atoms with E-state index in [0.29, 0.717) is 12.5 Å². The predicted octanol–water partition coefficient (Wildman–Crippen LogP) is 1.02. The van der Waals surface area contributed by atoms with Gasteiger partial charge >= 0.3 is 0 Å². The average molecular weight is 189 g/mol. The van der Waals surface area contributed by atoms with Crippen molar-refractivity contribution in [2.45, 2.75) is 39.4 Å². The highest BCUT2D eigenvalue weighted by Crippen LogP contribution is 2.03. The van der Waals surface area contributed by atoms with Crippen molar-refractivity contribution >= 4 is 0 Å². The molecule has 0 spiro atoms. The van der Waals surface area contributed by atoms with Crippen molar-refractivity contribution in [2.75, 3.05) is 20.2 Å². The highest BCUT2D eigenvalue weighted by Gasteiger charge is 2.06. The van der Waals surface area contributed by atoms with Crippen molar-refractivity contribution in [3.63, 3.8) is 0 Å². The minimum Gasteiger partial charge on any atom is -0.392 e. The van der Waals surface area contributed by atoms with E-state index in [1.54, 1.807) is 7.11 Å². The summed E-state index contributed by atoms with van der Waals surface area (Å²) in [5, 5.41) is 12.7. The molecule has 0 heterocycles. The third-order valence-electron chi connectivity index (χ3n) is 1.96. The second-order valence-corrected chi connectivity index (χ2v) is 3.99. The first-order valence-electron chi connectivity index (χ1n) is 4.97. The normalized spacial score (nSPS) is 16.2. The summed E-state index contributed by atoms with van der Waals surface area (Å²) in [4.78, 5) is 0. The van der Waals surface area contributed by atoms with Gasteiger partial charge in [-0.05, 0) is 19.3 Å². The van der Waals surface area contributed by atoms with E-state index < -0.39 is 0 Å². The van der Waals surface area contributed by atoms with Gasteiger partial charge in [-0.2, -0.15) is 0 Å². The zero-order valence-electron chi connectivity index (χ0n) is 9.21. The number of hydrogen-bond donors (Lipinski definition) is 2. The Morgan fingerprint density at radius 3 is 2.31 bits per heavy atom. The molecule has 0 saturated heterocycles. The zero-order valence-corrected chi connectivity index (χ0v) is 9.21. The maximum absolute atomic E-state index is 9.50. The molecule has 0 aromatic rings.